The molecule has 12 heteroatoms. The Labute approximate surface area is 186 Å². The first-order valence-electron chi connectivity index (χ1n) is 9.48. The number of nitrogens with one attached hydrogen (secondary N) is 2. The summed E-state index contributed by atoms with van der Waals surface area (Å²) >= 11 is 2.41. The molecular weight excluding hydrogens is 456 g/mol. The number of nitrogens with two attached hydrogens (primary N) is 1. The topological polar surface area (TPSA) is 132 Å². The van der Waals surface area contributed by atoms with Gasteiger partial charge in [0.25, 0.3) is 15.9 Å². The molecule has 3 aromatic heterocycles. The molecule has 9 nitrogen and oxygen atoms in total. The molecule has 1 atom stereocenters. The number of fused-ring (bicyclic) bond motifs is 2. The van der Waals surface area contributed by atoms with Crippen molar-refractivity contribution >= 4 is 59.6 Å². The molecule has 0 radical (unpaired) electrons. The third-order valence-corrected chi connectivity index (χ3v) is 8.61. The first-order valence-corrected chi connectivity index (χ1v) is 12.7. The fraction of sp³-hybridized carbons (Fsp3) is 0.211. The Balaban J connectivity index is 1.34. The average Bonchev–Trinajstić information content (AvgIpc) is 3.46. The van der Waals surface area contributed by atoms with Gasteiger partial charge in [0, 0.05) is 24.7 Å². The Hall–Kier alpha value is -2.80. The SMILES string of the molecule is N[C@H]1CCn2nc(C(=O)Nc3nc4ccc(NS(=O)(=O)c5cccs5)cc4s3)cc2C1. The summed E-state index contributed by atoms with van der Waals surface area (Å²) in [6, 6.07) is 10.1. The van der Waals surface area contributed by atoms with Crippen molar-refractivity contribution in [2.24, 2.45) is 5.73 Å². The molecule has 1 aliphatic rings. The van der Waals surface area contributed by atoms with Gasteiger partial charge in [-0.25, -0.2) is 13.4 Å². The maximum absolute atomic E-state index is 12.6. The first kappa shape index (κ1) is 20.1. The Kier molecular flexibility index (Phi) is 5.01. The molecule has 1 amide bonds. The van der Waals surface area contributed by atoms with Crippen LogP contribution in [0, 0.1) is 0 Å². The van der Waals surface area contributed by atoms with Crippen LogP contribution in [0.25, 0.3) is 10.2 Å². The summed E-state index contributed by atoms with van der Waals surface area (Å²) in [7, 11) is -3.63. The number of nitrogens with zero attached hydrogens (tertiary/aromatic N) is 3. The number of sulfonamides is 1. The van der Waals surface area contributed by atoms with Crippen LogP contribution in [0.4, 0.5) is 10.8 Å². The molecule has 31 heavy (non-hydrogen) atoms. The van der Waals surface area contributed by atoms with Gasteiger partial charge in [0.2, 0.25) is 0 Å². The van der Waals surface area contributed by atoms with Crippen LogP contribution in [0.15, 0.2) is 46.0 Å². The number of aromatic nitrogens is 3. The molecule has 0 spiro atoms. The molecule has 4 aromatic rings. The Morgan fingerprint density at radius 1 is 1.26 bits per heavy atom. The largest absolute Gasteiger partial charge is 0.327 e. The van der Waals surface area contributed by atoms with Gasteiger partial charge in [0.1, 0.15) is 4.21 Å². The number of amides is 1. The number of carbonyl (C=O) groups excluding carboxylic acids is 1. The van der Waals surface area contributed by atoms with Crippen molar-refractivity contribution in [2.45, 2.75) is 29.6 Å². The van der Waals surface area contributed by atoms with E-state index < -0.39 is 10.0 Å². The molecule has 0 unspecified atom stereocenters. The molecule has 1 aromatic carbocycles. The van der Waals surface area contributed by atoms with Gasteiger partial charge in [-0.3, -0.25) is 19.5 Å². The molecule has 0 saturated heterocycles. The van der Waals surface area contributed by atoms with Crippen molar-refractivity contribution in [3.05, 3.63) is 53.2 Å². The van der Waals surface area contributed by atoms with Crippen LogP contribution in [0.3, 0.4) is 0 Å². The Bertz CT molecular complexity index is 1370. The number of thiazole rings is 1. The van der Waals surface area contributed by atoms with Crippen LogP contribution in [0.2, 0.25) is 0 Å². The quantitative estimate of drug-likeness (QED) is 0.407. The number of hydrogen-bond donors (Lipinski definition) is 3. The predicted octanol–water partition coefficient (Wildman–Crippen LogP) is 2.88. The lowest BCUT2D eigenvalue weighted by atomic mass is 10.1. The lowest BCUT2D eigenvalue weighted by molar-refractivity contribution is 0.102. The second-order valence-electron chi connectivity index (χ2n) is 7.19. The molecule has 4 heterocycles. The monoisotopic (exact) mass is 474 g/mol. The van der Waals surface area contributed by atoms with E-state index in [0.717, 1.165) is 28.2 Å². The summed E-state index contributed by atoms with van der Waals surface area (Å²) in [5.41, 5.74) is 8.36. The molecule has 5 rings (SSSR count). The fourth-order valence-corrected chi connectivity index (χ4v) is 6.35. The van der Waals surface area contributed by atoms with Crippen molar-refractivity contribution in [3.63, 3.8) is 0 Å². The number of anilines is 2. The predicted molar refractivity (Wildman–Crippen MR) is 121 cm³/mol. The van der Waals surface area contributed by atoms with Crippen molar-refractivity contribution in [1.29, 1.82) is 0 Å². The summed E-state index contributed by atoms with van der Waals surface area (Å²) in [4.78, 5) is 17.1. The number of benzene rings is 1. The molecule has 0 aliphatic carbocycles. The lowest BCUT2D eigenvalue weighted by Crippen LogP contribution is -2.30. The molecular formula is C19H18N6O3S3. The van der Waals surface area contributed by atoms with E-state index in [0.29, 0.717) is 35.0 Å². The summed E-state index contributed by atoms with van der Waals surface area (Å²) in [6.07, 6.45) is 1.54. The second kappa shape index (κ2) is 7.71. The highest BCUT2D eigenvalue weighted by atomic mass is 32.2. The van der Waals surface area contributed by atoms with Gasteiger partial charge >= 0.3 is 0 Å². The molecule has 160 valence electrons. The number of hydrogen-bond acceptors (Lipinski definition) is 8. The highest BCUT2D eigenvalue weighted by Crippen LogP contribution is 2.30. The third-order valence-electron chi connectivity index (χ3n) is 4.90. The third kappa shape index (κ3) is 4.06. The summed E-state index contributed by atoms with van der Waals surface area (Å²) in [5, 5.41) is 9.27. The van der Waals surface area contributed by atoms with E-state index in [-0.39, 0.29) is 16.2 Å². The summed E-state index contributed by atoms with van der Waals surface area (Å²) in [5.74, 6) is -0.340. The number of thiophene rings is 1. The maximum atomic E-state index is 12.6. The van der Waals surface area contributed by atoms with Gasteiger partial charge in [-0.1, -0.05) is 17.4 Å². The molecule has 0 fully saturated rings. The van der Waals surface area contributed by atoms with Gasteiger partial charge in [-0.15, -0.1) is 11.3 Å². The Morgan fingerprint density at radius 3 is 2.94 bits per heavy atom. The van der Waals surface area contributed by atoms with Crippen molar-refractivity contribution in [2.75, 3.05) is 10.0 Å². The van der Waals surface area contributed by atoms with Crippen LogP contribution < -0.4 is 15.8 Å². The van der Waals surface area contributed by atoms with Crippen molar-refractivity contribution in [3.8, 4) is 0 Å². The van der Waals surface area contributed by atoms with Crippen molar-refractivity contribution < 1.29 is 13.2 Å². The van der Waals surface area contributed by atoms with E-state index in [4.69, 9.17) is 5.73 Å². The molecule has 1 aliphatic heterocycles. The zero-order valence-electron chi connectivity index (χ0n) is 16.1. The van der Waals surface area contributed by atoms with Crippen LogP contribution in [0.5, 0.6) is 0 Å². The zero-order valence-corrected chi connectivity index (χ0v) is 18.6. The number of rotatable bonds is 5. The minimum Gasteiger partial charge on any atom is -0.327 e. The fourth-order valence-electron chi connectivity index (χ4n) is 3.41. The van der Waals surface area contributed by atoms with Gasteiger partial charge in [0.05, 0.1) is 15.9 Å². The normalized spacial score (nSPS) is 16.2. The smallest absolute Gasteiger partial charge is 0.277 e. The van der Waals surface area contributed by atoms with Crippen LogP contribution in [-0.4, -0.2) is 35.1 Å². The molecule has 0 bridgehead atoms. The van der Waals surface area contributed by atoms with E-state index in [2.05, 4.69) is 20.1 Å². The van der Waals surface area contributed by atoms with E-state index in [1.54, 1.807) is 41.8 Å². The zero-order chi connectivity index (χ0) is 21.6. The maximum Gasteiger partial charge on any atom is 0.277 e. The van der Waals surface area contributed by atoms with E-state index >= 15 is 0 Å². The van der Waals surface area contributed by atoms with Gasteiger partial charge < -0.3 is 5.73 Å². The van der Waals surface area contributed by atoms with Crippen molar-refractivity contribution in [1.82, 2.24) is 14.8 Å². The van der Waals surface area contributed by atoms with Gasteiger partial charge in [-0.2, -0.15) is 5.10 Å². The van der Waals surface area contributed by atoms with E-state index in [1.807, 2.05) is 4.68 Å². The molecule has 4 N–H and O–H groups in total. The highest BCUT2D eigenvalue weighted by molar-refractivity contribution is 7.94. The minimum absolute atomic E-state index is 0.0933. The average molecular weight is 475 g/mol. The molecule has 0 saturated carbocycles. The lowest BCUT2D eigenvalue weighted by Gasteiger charge is -2.18. The highest BCUT2D eigenvalue weighted by Gasteiger charge is 2.21. The van der Waals surface area contributed by atoms with Gasteiger partial charge in [-0.05, 0) is 42.1 Å². The van der Waals surface area contributed by atoms with E-state index in [9.17, 15) is 13.2 Å². The minimum atomic E-state index is -3.63. The van der Waals surface area contributed by atoms with E-state index in [1.165, 1.54) is 11.3 Å². The summed E-state index contributed by atoms with van der Waals surface area (Å²) in [6.45, 7) is 0.703. The standard InChI is InChI=1S/C19H18N6O3S3/c20-11-5-6-25-13(8-11)10-15(23-25)18(26)22-19-21-14-4-3-12(9-16(14)30-19)24-31(27,28)17-2-1-7-29-17/h1-4,7,9-11,24H,5-6,8,20H2,(H,21,22,26)/t11-/m0/s1. The number of carbonyl (C=O) groups is 1. The second-order valence-corrected chi connectivity index (χ2v) is 11.1. The van der Waals surface area contributed by atoms with Crippen LogP contribution in [0.1, 0.15) is 22.6 Å². The Morgan fingerprint density at radius 2 is 2.13 bits per heavy atom. The number of aryl methyl sites for hydroxylation is 1. The van der Waals surface area contributed by atoms with Crippen LogP contribution >= 0.6 is 22.7 Å². The van der Waals surface area contributed by atoms with Gasteiger partial charge in [0.15, 0.2) is 10.8 Å². The van der Waals surface area contributed by atoms with Crippen LogP contribution in [-0.2, 0) is 23.0 Å². The first-order chi connectivity index (χ1) is 14.9. The summed E-state index contributed by atoms with van der Waals surface area (Å²) < 4.78 is 30.2.